The number of nitrogens with zero attached hydrogens (tertiary/aromatic N) is 1. The first kappa shape index (κ1) is 18.6. The first-order chi connectivity index (χ1) is 12.4. The summed E-state index contributed by atoms with van der Waals surface area (Å²) in [5.74, 6) is -0.508. The number of hydrogen-bond acceptors (Lipinski definition) is 5. The predicted octanol–water partition coefficient (Wildman–Crippen LogP) is 3.00. The topological polar surface area (TPSA) is 83.9 Å². The average Bonchev–Trinajstić information content (AvgIpc) is 2.88. The summed E-state index contributed by atoms with van der Waals surface area (Å²) < 4.78 is 5.39. The summed E-state index contributed by atoms with van der Waals surface area (Å²) in [5, 5.41) is 10.6. The van der Waals surface area contributed by atoms with Crippen LogP contribution in [-0.2, 0) is 14.3 Å². The van der Waals surface area contributed by atoms with E-state index in [2.05, 4.69) is 0 Å². The lowest BCUT2D eigenvalue weighted by Crippen LogP contribution is -2.50. The molecule has 1 N–H and O–H groups in total. The average molecular weight is 359 g/mol. The van der Waals surface area contributed by atoms with Crippen molar-refractivity contribution in [1.29, 1.82) is 0 Å². The van der Waals surface area contributed by atoms with E-state index in [1.807, 2.05) is 30.3 Å². The van der Waals surface area contributed by atoms with Gasteiger partial charge in [0.15, 0.2) is 0 Å². The van der Waals surface area contributed by atoms with E-state index in [0.717, 1.165) is 16.9 Å². The molecule has 1 aromatic rings. The number of ether oxygens (including phenoxy) is 1. The minimum Gasteiger partial charge on any atom is -0.439 e. The number of carbonyl (C=O) groups is 3. The second-order valence-electron chi connectivity index (χ2n) is 7.23. The Morgan fingerprint density at radius 2 is 1.96 bits per heavy atom. The monoisotopic (exact) mass is 359 g/mol. The molecule has 3 atom stereocenters. The van der Waals surface area contributed by atoms with E-state index in [0.29, 0.717) is 19.3 Å². The fourth-order valence-corrected chi connectivity index (χ4v) is 4.05. The number of cyclic esters (lactones) is 1. The summed E-state index contributed by atoms with van der Waals surface area (Å²) >= 11 is 0. The number of hydrogen-bond donors (Lipinski definition) is 1. The maximum atomic E-state index is 12.7. The molecule has 6 nitrogen and oxygen atoms in total. The van der Waals surface area contributed by atoms with Gasteiger partial charge in [-0.05, 0) is 25.3 Å². The Hall–Kier alpha value is -2.21. The molecule has 0 unspecified atom stereocenters. The SMILES string of the molecule is CCC(=O)C1([C@H](O)CC(=O)N2C(=O)O[C@@H](c3ccccc3)[C@H]2C)CCC1. The third kappa shape index (κ3) is 3.03. The van der Waals surface area contributed by atoms with Gasteiger partial charge in [0.25, 0.3) is 0 Å². The lowest BCUT2D eigenvalue weighted by atomic mass is 9.61. The molecule has 0 radical (unpaired) electrons. The van der Waals surface area contributed by atoms with Gasteiger partial charge in [0, 0.05) is 6.42 Å². The second kappa shape index (κ2) is 7.19. The molecule has 140 valence electrons. The van der Waals surface area contributed by atoms with Crippen LogP contribution < -0.4 is 0 Å². The Labute approximate surface area is 153 Å². The maximum Gasteiger partial charge on any atom is 0.417 e. The van der Waals surface area contributed by atoms with Crippen LogP contribution in [0.1, 0.15) is 57.6 Å². The van der Waals surface area contributed by atoms with Crippen molar-refractivity contribution < 1.29 is 24.2 Å². The number of amides is 2. The second-order valence-corrected chi connectivity index (χ2v) is 7.23. The van der Waals surface area contributed by atoms with Crippen molar-refractivity contribution in [3.05, 3.63) is 35.9 Å². The van der Waals surface area contributed by atoms with Crippen molar-refractivity contribution in [3.8, 4) is 0 Å². The fraction of sp³-hybridized carbons (Fsp3) is 0.550. The first-order valence-corrected chi connectivity index (χ1v) is 9.19. The molecule has 2 fully saturated rings. The predicted molar refractivity (Wildman–Crippen MR) is 94.2 cm³/mol. The van der Waals surface area contributed by atoms with E-state index < -0.39 is 35.7 Å². The number of imide groups is 1. The van der Waals surface area contributed by atoms with Crippen molar-refractivity contribution in [2.75, 3.05) is 0 Å². The largest absolute Gasteiger partial charge is 0.439 e. The number of aliphatic hydroxyl groups is 1. The molecule has 1 saturated carbocycles. The molecule has 6 heteroatoms. The molecule has 26 heavy (non-hydrogen) atoms. The van der Waals surface area contributed by atoms with Crippen LogP contribution in [0.25, 0.3) is 0 Å². The molecule has 1 heterocycles. The highest BCUT2D eigenvalue weighted by Crippen LogP contribution is 2.47. The molecule has 0 bridgehead atoms. The van der Waals surface area contributed by atoms with Crippen molar-refractivity contribution >= 4 is 17.8 Å². The number of rotatable bonds is 6. The lowest BCUT2D eigenvalue weighted by Gasteiger charge is -2.44. The van der Waals surface area contributed by atoms with Gasteiger partial charge in [0.2, 0.25) is 5.91 Å². The molecule has 0 spiro atoms. The Balaban J connectivity index is 1.71. The summed E-state index contributed by atoms with van der Waals surface area (Å²) in [5.41, 5.74) is -0.00310. The van der Waals surface area contributed by atoms with Crippen LogP contribution in [0.5, 0.6) is 0 Å². The smallest absolute Gasteiger partial charge is 0.417 e. The number of aliphatic hydroxyl groups excluding tert-OH is 1. The van der Waals surface area contributed by atoms with Gasteiger partial charge in [-0.25, -0.2) is 9.69 Å². The Kier molecular flexibility index (Phi) is 5.14. The summed E-state index contributed by atoms with van der Waals surface area (Å²) in [7, 11) is 0. The number of Topliss-reactive ketones (excluding diaryl/α,β-unsaturated/α-hetero) is 1. The van der Waals surface area contributed by atoms with E-state index in [9.17, 15) is 19.5 Å². The molecular formula is C20H25NO5. The van der Waals surface area contributed by atoms with E-state index in [1.165, 1.54) is 0 Å². The van der Waals surface area contributed by atoms with Crippen LogP contribution in [0.15, 0.2) is 30.3 Å². The van der Waals surface area contributed by atoms with E-state index >= 15 is 0 Å². The highest BCUT2D eigenvalue weighted by molar-refractivity contribution is 5.95. The van der Waals surface area contributed by atoms with Crippen molar-refractivity contribution in [3.63, 3.8) is 0 Å². The van der Waals surface area contributed by atoms with Crippen LogP contribution in [-0.4, -0.2) is 39.9 Å². The normalized spacial score (nSPS) is 25.3. The minimum absolute atomic E-state index is 0.0109. The summed E-state index contributed by atoms with van der Waals surface area (Å²) in [6.07, 6.45) is -0.132. The van der Waals surface area contributed by atoms with Crippen molar-refractivity contribution in [2.45, 2.75) is 64.2 Å². The van der Waals surface area contributed by atoms with E-state index in [4.69, 9.17) is 4.74 Å². The molecule has 2 aliphatic rings. The van der Waals surface area contributed by atoms with E-state index in [-0.39, 0.29) is 12.2 Å². The minimum atomic E-state index is -1.06. The first-order valence-electron chi connectivity index (χ1n) is 9.19. The molecule has 2 amide bonds. The van der Waals surface area contributed by atoms with Gasteiger partial charge in [-0.2, -0.15) is 0 Å². The zero-order valence-electron chi connectivity index (χ0n) is 15.2. The summed E-state index contributed by atoms with van der Waals surface area (Å²) in [6, 6.07) is 8.79. The maximum absolute atomic E-state index is 12.7. The highest BCUT2D eigenvalue weighted by atomic mass is 16.6. The quantitative estimate of drug-likeness (QED) is 0.844. The van der Waals surface area contributed by atoms with Gasteiger partial charge >= 0.3 is 6.09 Å². The van der Waals surface area contributed by atoms with Gasteiger partial charge in [0.1, 0.15) is 11.9 Å². The summed E-state index contributed by atoms with van der Waals surface area (Å²) in [4.78, 5) is 38.3. The standard InChI is InChI=1S/C20H25NO5/c1-3-15(22)20(10-7-11-20)16(23)12-17(24)21-13(2)18(26-19(21)25)14-8-5-4-6-9-14/h4-6,8-9,13,16,18,23H,3,7,10-12H2,1-2H3/t13-,16-,18-/m1/s1. The third-order valence-corrected chi connectivity index (χ3v) is 5.79. The van der Waals surface area contributed by atoms with Gasteiger partial charge in [0.05, 0.1) is 24.0 Å². The van der Waals surface area contributed by atoms with Crippen molar-refractivity contribution in [1.82, 2.24) is 4.90 Å². The summed E-state index contributed by atoms with van der Waals surface area (Å²) in [6.45, 7) is 3.52. The van der Waals surface area contributed by atoms with Crippen LogP contribution in [0.2, 0.25) is 0 Å². The highest BCUT2D eigenvalue weighted by Gasteiger charge is 2.51. The lowest BCUT2D eigenvalue weighted by molar-refractivity contribution is -0.148. The number of benzene rings is 1. The molecule has 0 aromatic heterocycles. The van der Waals surface area contributed by atoms with Crippen LogP contribution in [0, 0.1) is 5.41 Å². The van der Waals surface area contributed by atoms with Crippen LogP contribution >= 0.6 is 0 Å². The number of ketones is 1. The van der Waals surface area contributed by atoms with E-state index in [1.54, 1.807) is 13.8 Å². The Bertz CT molecular complexity index is 697. The van der Waals surface area contributed by atoms with Gasteiger partial charge in [-0.15, -0.1) is 0 Å². The van der Waals surface area contributed by atoms with Crippen LogP contribution in [0.3, 0.4) is 0 Å². The molecule has 1 aliphatic carbocycles. The van der Waals surface area contributed by atoms with Crippen LogP contribution in [0.4, 0.5) is 4.79 Å². The Morgan fingerprint density at radius 3 is 2.50 bits per heavy atom. The van der Waals surface area contributed by atoms with Crippen molar-refractivity contribution in [2.24, 2.45) is 5.41 Å². The molecule has 1 aromatic carbocycles. The van der Waals surface area contributed by atoms with Gasteiger partial charge in [-0.3, -0.25) is 9.59 Å². The third-order valence-electron chi connectivity index (χ3n) is 5.79. The molecule has 3 rings (SSSR count). The molecular weight excluding hydrogens is 334 g/mol. The molecule has 1 saturated heterocycles. The zero-order chi connectivity index (χ0) is 18.9. The molecule has 1 aliphatic heterocycles. The fourth-order valence-electron chi connectivity index (χ4n) is 4.05. The number of carbonyl (C=O) groups excluding carboxylic acids is 3. The van der Waals surface area contributed by atoms with Gasteiger partial charge < -0.3 is 9.84 Å². The zero-order valence-corrected chi connectivity index (χ0v) is 15.2. The Morgan fingerprint density at radius 1 is 1.31 bits per heavy atom. The van der Waals surface area contributed by atoms with Gasteiger partial charge in [-0.1, -0.05) is 43.7 Å².